The molecule has 0 bridgehead atoms. The monoisotopic (exact) mass is 292 g/mol. The van der Waals surface area contributed by atoms with Crippen molar-refractivity contribution >= 4 is 11.0 Å². The van der Waals surface area contributed by atoms with Crippen LogP contribution in [-0.2, 0) is 6.61 Å². The number of hydrogen-bond donors (Lipinski definition) is 0. The van der Waals surface area contributed by atoms with Gasteiger partial charge in [-0.25, -0.2) is 0 Å². The molecule has 0 aliphatic carbocycles. The Balaban J connectivity index is 1.52. The highest BCUT2D eigenvalue weighted by atomic mass is 16.7. The van der Waals surface area contributed by atoms with Crippen molar-refractivity contribution in [2.45, 2.75) is 6.61 Å². The molecule has 108 valence electrons. The van der Waals surface area contributed by atoms with Crippen molar-refractivity contribution in [2.75, 3.05) is 0 Å². The van der Waals surface area contributed by atoms with Gasteiger partial charge in [0.15, 0.2) is 12.4 Å². The van der Waals surface area contributed by atoms with E-state index in [2.05, 4.69) is 15.5 Å². The van der Waals surface area contributed by atoms with E-state index < -0.39 is 0 Å². The molecular weight excluding hydrogens is 280 g/mol. The Bertz CT molecular complexity index is 899. The Hall–Kier alpha value is -3.15. The third kappa shape index (κ3) is 2.31. The first-order valence-corrected chi connectivity index (χ1v) is 6.85. The fraction of sp³-hybridized carbons (Fsp3) is 0.0625. The second kappa shape index (κ2) is 5.33. The Morgan fingerprint density at radius 1 is 1.00 bits per heavy atom. The van der Waals surface area contributed by atoms with Gasteiger partial charge in [-0.1, -0.05) is 52.5 Å². The molecule has 0 N–H and O–H groups in total. The highest BCUT2D eigenvalue weighted by Crippen LogP contribution is 2.19. The number of hydrogen-bond acceptors (Lipinski definition) is 5. The Labute approximate surface area is 125 Å². The van der Waals surface area contributed by atoms with Crippen molar-refractivity contribution in [3.8, 4) is 11.3 Å². The molecule has 6 nitrogen and oxygen atoms in total. The van der Waals surface area contributed by atoms with Gasteiger partial charge in [0.25, 0.3) is 0 Å². The summed E-state index contributed by atoms with van der Waals surface area (Å²) in [5, 5.41) is 12.0. The quantitative estimate of drug-likeness (QED) is 0.578. The first-order valence-electron chi connectivity index (χ1n) is 6.85. The van der Waals surface area contributed by atoms with E-state index in [0.29, 0.717) is 11.5 Å². The molecule has 0 spiro atoms. The van der Waals surface area contributed by atoms with E-state index in [4.69, 9.17) is 9.36 Å². The molecule has 0 aliphatic heterocycles. The molecule has 0 amide bonds. The third-order valence-corrected chi connectivity index (χ3v) is 3.27. The average Bonchev–Trinajstić information content (AvgIpc) is 3.21. The van der Waals surface area contributed by atoms with E-state index in [0.717, 1.165) is 16.6 Å². The summed E-state index contributed by atoms with van der Waals surface area (Å²) in [6.45, 7) is 0.254. The lowest BCUT2D eigenvalue weighted by Crippen LogP contribution is -2.12. The molecule has 0 unspecified atom stereocenters. The van der Waals surface area contributed by atoms with Crippen molar-refractivity contribution in [2.24, 2.45) is 0 Å². The molecule has 2 aromatic carbocycles. The molecule has 2 aromatic heterocycles. The minimum Gasteiger partial charge on any atom is -0.388 e. The summed E-state index contributed by atoms with van der Waals surface area (Å²) < 4.78 is 5.33. The average molecular weight is 292 g/mol. The Morgan fingerprint density at radius 3 is 2.73 bits per heavy atom. The fourth-order valence-electron chi connectivity index (χ4n) is 2.19. The summed E-state index contributed by atoms with van der Waals surface area (Å²) >= 11 is 0. The van der Waals surface area contributed by atoms with Crippen LogP contribution in [0.4, 0.5) is 0 Å². The van der Waals surface area contributed by atoms with Crippen LogP contribution in [-0.4, -0.2) is 20.3 Å². The highest BCUT2D eigenvalue weighted by Gasteiger charge is 2.09. The van der Waals surface area contributed by atoms with Crippen molar-refractivity contribution in [3.63, 3.8) is 0 Å². The van der Waals surface area contributed by atoms with Crippen molar-refractivity contribution < 1.29 is 9.36 Å². The van der Waals surface area contributed by atoms with Gasteiger partial charge in [-0.05, 0) is 17.3 Å². The lowest BCUT2D eigenvalue weighted by Gasteiger charge is -2.01. The van der Waals surface area contributed by atoms with Crippen LogP contribution in [0.5, 0.6) is 0 Å². The Morgan fingerprint density at radius 2 is 1.82 bits per heavy atom. The summed E-state index contributed by atoms with van der Waals surface area (Å²) in [6, 6.07) is 19.3. The second-order valence-corrected chi connectivity index (χ2v) is 4.77. The molecule has 4 rings (SSSR count). The maximum absolute atomic E-state index is 5.62. The van der Waals surface area contributed by atoms with Crippen molar-refractivity contribution in [1.29, 1.82) is 0 Å². The molecule has 22 heavy (non-hydrogen) atoms. The summed E-state index contributed by atoms with van der Waals surface area (Å²) in [4.78, 5) is 7.01. The summed E-state index contributed by atoms with van der Waals surface area (Å²) in [5.41, 5.74) is 3.27. The number of para-hydroxylation sites is 1. The molecule has 0 saturated heterocycles. The fourth-order valence-corrected chi connectivity index (χ4v) is 2.19. The van der Waals surface area contributed by atoms with Gasteiger partial charge in [-0.3, -0.25) is 0 Å². The molecule has 0 atom stereocenters. The number of rotatable bonds is 4. The smallest absolute Gasteiger partial charge is 0.167 e. The van der Waals surface area contributed by atoms with Crippen LogP contribution < -0.4 is 4.84 Å². The van der Waals surface area contributed by atoms with Gasteiger partial charge in [0.2, 0.25) is 0 Å². The summed E-state index contributed by atoms with van der Waals surface area (Å²) in [7, 11) is 0. The third-order valence-electron chi connectivity index (χ3n) is 3.27. The zero-order valence-corrected chi connectivity index (χ0v) is 11.6. The predicted molar refractivity (Wildman–Crippen MR) is 79.8 cm³/mol. The van der Waals surface area contributed by atoms with Gasteiger partial charge in [-0.15, -0.1) is 5.10 Å². The molecule has 4 aromatic rings. The highest BCUT2D eigenvalue weighted by molar-refractivity contribution is 5.73. The van der Waals surface area contributed by atoms with Gasteiger partial charge in [0.1, 0.15) is 16.7 Å². The van der Waals surface area contributed by atoms with E-state index in [1.807, 2.05) is 60.7 Å². The van der Waals surface area contributed by atoms with Crippen LogP contribution in [0.15, 0.2) is 65.2 Å². The van der Waals surface area contributed by atoms with Crippen LogP contribution in [0.1, 0.15) is 5.69 Å². The maximum atomic E-state index is 5.62. The van der Waals surface area contributed by atoms with Crippen molar-refractivity contribution in [1.82, 2.24) is 20.3 Å². The molecule has 0 aliphatic rings. The zero-order chi connectivity index (χ0) is 14.8. The molecule has 0 radical (unpaired) electrons. The second-order valence-electron chi connectivity index (χ2n) is 4.77. The minimum absolute atomic E-state index is 0.254. The van der Waals surface area contributed by atoms with Gasteiger partial charge in [-0.2, -0.15) is 0 Å². The normalized spacial score (nSPS) is 10.9. The van der Waals surface area contributed by atoms with Gasteiger partial charge >= 0.3 is 0 Å². The standard InChI is InChI=1S/C16H12N4O2/c1-2-6-12(7-3-1)16-10-13(18-22-16)11-21-20-15-9-5-4-8-14(15)17-19-20/h1-10H,11H2. The van der Waals surface area contributed by atoms with Crippen LogP contribution in [0.3, 0.4) is 0 Å². The van der Waals surface area contributed by atoms with Crippen LogP contribution in [0, 0.1) is 0 Å². The van der Waals surface area contributed by atoms with Crippen LogP contribution in [0.25, 0.3) is 22.4 Å². The largest absolute Gasteiger partial charge is 0.388 e. The number of nitrogens with zero attached hydrogens (tertiary/aromatic N) is 4. The van der Waals surface area contributed by atoms with E-state index in [9.17, 15) is 0 Å². The Kier molecular flexibility index (Phi) is 3.05. The topological polar surface area (TPSA) is 66.0 Å². The molecule has 2 heterocycles. The lowest BCUT2D eigenvalue weighted by molar-refractivity contribution is 0.0715. The van der Waals surface area contributed by atoms with E-state index in [1.54, 1.807) is 0 Å². The molecule has 6 heteroatoms. The number of aromatic nitrogens is 4. The molecule has 0 fully saturated rings. The van der Waals surface area contributed by atoms with E-state index in [-0.39, 0.29) is 6.61 Å². The first kappa shape index (κ1) is 12.6. The van der Waals surface area contributed by atoms with Crippen LogP contribution in [0.2, 0.25) is 0 Å². The van der Waals surface area contributed by atoms with Crippen LogP contribution >= 0.6 is 0 Å². The zero-order valence-electron chi connectivity index (χ0n) is 11.6. The van der Waals surface area contributed by atoms with E-state index in [1.165, 1.54) is 4.85 Å². The number of fused-ring (bicyclic) bond motifs is 1. The van der Waals surface area contributed by atoms with Crippen molar-refractivity contribution in [3.05, 3.63) is 66.4 Å². The summed E-state index contributed by atoms with van der Waals surface area (Å²) in [6.07, 6.45) is 0. The SMILES string of the molecule is c1ccc(-c2cc(COn3nnc4ccccc43)no2)cc1. The minimum atomic E-state index is 0.254. The number of benzene rings is 2. The molecule has 0 saturated carbocycles. The lowest BCUT2D eigenvalue weighted by atomic mass is 10.2. The first-order chi connectivity index (χ1) is 10.9. The van der Waals surface area contributed by atoms with Gasteiger partial charge in [0.05, 0.1) is 0 Å². The maximum Gasteiger partial charge on any atom is 0.167 e. The van der Waals surface area contributed by atoms with Gasteiger partial charge < -0.3 is 9.36 Å². The molecular formula is C16H12N4O2. The van der Waals surface area contributed by atoms with E-state index >= 15 is 0 Å². The van der Waals surface area contributed by atoms with Gasteiger partial charge in [0, 0.05) is 11.6 Å². The summed E-state index contributed by atoms with van der Waals surface area (Å²) in [5.74, 6) is 0.711. The predicted octanol–water partition coefficient (Wildman–Crippen LogP) is 2.72.